The van der Waals surface area contributed by atoms with Crippen molar-refractivity contribution in [3.8, 4) is 10.8 Å². The van der Waals surface area contributed by atoms with Crippen LogP contribution in [0.2, 0.25) is 5.02 Å². The van der Waals surface area contributed by atoms with Crippen LogP contribution in [0.15, 0.2) is 34.7 Å². The van der Waals surface area contributed by atoms with Gasteiger partial charge >= 0.3 is 0 Å². The maximum atomic E-state index is 12.6. The molecule has 6 nitrogen and oxygen atoms in total. The molecule has 2 heterocycles. The van der Waals surface area contributed by atoms with E-state index in [1.54, 1.807) is 25.1 Å². The predicted octanol–water partition coefficient (Wildman–Crippen LogP) is 4.88. The summed E-state index contributed by atoms with van der Waals surface area (Å²) in [6.07, 6.45) is 0. The second kappa shape index (κ2) is 7.31. The highest BCUT2D eigenvalue weighted by atomic mass is 35.5. The van der Waals surface area contributed by atoms with Crippen LogP contribution in [0, 0.1) is 13.8 Å². The Bertz CT molecular complexity index is 993. The minimum Gasteiger partial charge on any atom is -0.459 e. The van der Waals surface area contributed by atoms with Crippen molar-refractivity contribution >= 4 is 46.1 Å². The van der Waals surface area contributed by atoms with Gasteiger partial charge in [0.1, 0.15) is 10.6 Å². The molecule has 0 spiro atoms. The molecule has 0 radical (unpaired) electrons. The van der Waals surface area contributed by atoms with Crippen molar-refractivity contribution in [3.05, 3.63) is 51.7 Å². The zero-order valence-corrected chi connectivity index (χ0v) is 15.9. The number of anilines is 2. The van der Waals surface area contributed by atoms with E-state index in [1.165, 1.54) is 18.3 Å². The first-order valence-corrected chi connectivity index (χ1v) is 8.95. The van der Waals surface area contributed by atoms with E-state index in [1.807, 2.05) is 19.1 Å². The number of aromatic nitrogens is 1. The van der Waals surface area contributed by atoms with E-state index in [0.29, 0.717) is 37.7 Å². The Morgan fingerprint density at radius 3 is 2.58 bits per heavy atom. The van der Waals surface area contributed by atoms with Crippen molar-refractivity contribution in [3.63, 3.8) is 0 Å². The second-order valence-electron chi connectivity index (χ2n) is 5.67. The Hall–Kier alpha value is -2.64. The SMILES string of the molecule is CC(=O)Nc1cc(NC(=O)c2sc(-c3ccc(C)o3)nc2C)ccc1Cl. The molecule has 1 aromatic carbocycles. The molecule has 0 atom stereocenters. The molecule has 3 rings (SSSR count). The van der Waals surface area contributed by atoms with Crippen LogP contribution in [0.25, 0.3) is 10.8 Å². The lowest BCUT2D eigenvalue weighted by Gasteiger charge is -2.09. The first-order valence-electron chi connectivity index (χ1n) is 7.76. The number of furan rings is 1. The van der Waals surface area contributed by atoms with E-state index >= 15 is 0 Å². The summed E-state index contributed by atoms with van der Waals surface area (Å²) in [7, 11) is 0. The molecule has 0 saturated heterocycles. The lowest BCUT2D eigenvalue weighted by atomic mass is 10.2. The maximum Gasteiger partial charge on any atom is 0.267 e. The Labute approximate surface area is 159 Å². The van der Waals surface area contributed by atoms with Gasteiger partial charge in [-0.25, -0.2) is 4.98 Å². The first kappa shape index (κ1) is 18.2. The van der Waals surface area contributed by atoms with Crippen LogP contribution < -0.4 is 10.6 Å². The molecule has 0 saturated carbocycles. The highest BCUT2D eigenvalue weighted by molar-refractivity contribution is 7.17. The molecular formula is C18H16ClN3O3S. The van der Waals surface area contributed by atoms with Gasteiger partial charge < -0.3 is 15.1 Å². The van der Waals surface area contributed by atoms with Crippen LogP contribution >= 0.6 is 22.9 Å². The summed E-state index contributed by atoms with van der Waals surface area (Å²) in [4.78, 5) is 28.7. The van der Waals surface area contributed by atoms with Gasteiger partial charge in [-0.1, -0.05) is 11.6 Å². The summed E-state index contributed by atoms with van der Waals surface area (Å²) in [5, 5.41) is 6.46. The van der Waals surface area contributed by atoms with E-state index in [-0.39, 0.29) is 11.8 Å². The number of thiazole rings is 1. The third-order valence-corrected chi connectivity index (χ3v) is 4.99. The van der Waals surface area contributed by atoms with Crippen molar-refractivity contribution in [2.24, 2.45) is 0 Å². The quantitative estimate of drug-likeness (QED) is 0.665. The number of rotatable bonds is 4. The van der Waals surface area contributed by atoms with E-state index in [9.17, 15) is 9.59 Å². The van der Waals surface area contributed by atoms with Crippen LogP contribution in [0.4, 0.5) is 11.4 Å². The normalized spacial score (nSPS) is 10.6. The highest BCUT2D eigenvalue weighted by Crippen LogP contribution is 2.30. The molecule has 8 heteroatoms. The molecule has 2 N–H and O–H groups in total. The molecule has 3 aromatic rings. The Morgan fingerprint density at radius 1 is 1.15 bits per heavy atom. The van der Waals surface area contributed by atoms with Crippen LogP contribution in [0.1, 0.15) is 28.0 Å². The largest absolute Gasteiger partial charge is 0.459 e. The zero-order valence-electron chi connectivity index (χ0n) is 14.3. The number of nitrogens with zero attached hydrogens (tertiary/aromatic N) is 1. The number of benzene rings is 1. The third kappa shape index (κ3) is 3.95. The van der Waals surface area contributed by atoms with Gasteiger partial charge in [-0.2, -0.15) is 0 Å². The predicted molar refractivity (Wildman–Crippen MR) is 103 cm³/mol. The molecule has 26 heavy (non-hydrogen) atoms. The van der Waals surface area contributed by atoms with Gasteiger partial charge in [-0.3, -0.25) is 9.59 Å². The van der Waals surface area contributed by atoms with Crippen molar-refractivity contribution < 1.29 is 14.0 Å². The summed E-state index contributed by atoms with van der Waals surface area (Å²) in [6, 6.07) is 8.56. The second-order valence-corrected chi connectivity index (χ2v) is 7.08. The minimum absolute atomic E-state index is 0.243. The van der Waals surface area contributed by atoms with Gasteiger partial charge in [-0.05, 0) is 44.2 Å². The summed E-state index contributed by atoms with van der Waals surface area (Å²) in [5.74, 6) is 0.886. The Morgan fingerprint density at radius 2 is 1.92 bits per heavy atom. The topological polar surface area (TPSA) is 84.2 Å². The number of aryl methyl sites for hydroxylation is 2. The molecule has 0 aliphatic rings. The molecule has 0 aliphatic carbocycles. The maximum absolute atomic E-state index is 12.6. The number of carbonyl (C=O) groups excluding carboxylic acids is 2. The standard InChI is InChI=1S/C18H16ClN3O3S/c1-9-4-7-15(25-9)18-20-10(2)16(26-18)17(24)22-12-5-6-13(19)14(8-12)21-11(3)23/h4-8H,1-3H3,(H,21,23)(H,22,24). The summed E-state index contributed by atoms with van der Waals surface area (Å²) < 4.78 is 5.56. The van der Waals surface area contributed by atoms with E-state index < -0.39 is 0 Å². The summed E-state index contributed by atoms with van der Waals surface area (Å²) in [5.41, 5.74) is 1.57. The number of amides is 2. The van der Waals surface area contributed by atoms with Crippen LogP contribution in [0.3, 0.4) is 0 Å². The number of halogens is 1. The molecule has 2 amide bonds. The van der Waals surface area contributed by atoms with Crippen molar-refractivity contribution in [2.45, 2.75) is 20.8 Å². The van der Waals surface area contributed by atoms with Gasteiger partial charge in [0.15, 0.2) is 10.8 Å². The molecule has 0 aliphatic heterocycles. The molecule has 2 aromatic heterocycles. The lowest BCUT2D eigenvalue weighted by Crippen LogP contribution is -2.12. The molecule has 0 fully saturated rings. The highest BCUT2D eigenvalue weighted by Gasteiger charge is 2.18. The van der Waals surface area contributed by atoms with Gasteiger partial charge in [-0.15, -0.1) is 11.3 Å². The molecule has 0 bridgehead atoms. The van der Waals surface area contributed by atoms with Gasteiger partial charge in [0.25, 0.3) is 5.91 Å². The third-order valence-electron chi connectivity index (χ3n) is 3.49. The van der Waals surface area contributed by atoms with Gasteiger partial charge in [0, 0.05) is 12.6 Å². The number of hydrogen-bond acceptors (Lipinski definition) is 5. The number of nitrogens with one attached hydrogen (secondary N) is 2. The number of carbonyl (C=O) groups is 2. The smallest absolute Gasteiger partial charge is 0.267 e. The van der Waals surface area contributed by atoms with E-state index in [0.717, 1.165) is 5.76 Å². The summed E-state index contributed by atoms with van der Waals surface area (Å²) in [6.45, 7) is 5.01. The molecule has 134 valence electrons. The van der Waals surface area contributed by atoms with Crippen LogP contribution in [0.5, 0.6) is 0 Å². The fourth-order valence-electron chi connectivity index (χ4n) is 2.34. The molecule has 0 unspecified atom stereocenters. The van der Waals surface area contributed by atoms with E-state index in [2.05, 4.69) is 15.6 Å². The van der Waals surface area contributed by atoms with Crippen LogP contribution in [-0.2, 0) is 4.79 Å². The minimum atomic E-state index is -0.286. The van der Waals surface area contributed by atoms with E-state index in [4.69, 9.17) is 16.0 Å². The average molecular weight is 390 g/mol. The Balaban J connectivity index is 1.82. The first-order chi connectivity index (χ1) is 12.3. The monoisotopic (exact) mass is 389 g/mol. The van der Waals surface area contributed by atoms with Gasteiger partial charge in [0.05, 0.1) is 16.4 Å². The van der Waals surface area contributed by atoms with Crippen molar-refractivity contribution in [1.29, 1.82) is 0 Å². The zero-order chi connectivity index (χ0) is 18.8. The Kier molecular flexibility index (Phi) is 5.11. The average Bonchev–Trinajstić information content (AvgIpc) is 3.16. The van der Waals surface area contributed by atoms with Gasteiger partial charge in [0.2, 0.25) is 5.91 Å². The van der Waals surface area contributed by atoms with Crippen molar-refractivity contribution in [1.82, 2.24) is 4.98 Å². The van der Waals surface area contributed by atoms with Crippen LogP contribution in [-0.4, -0.2) is 16.8 Å². The number of hydrogen-bond donors (Lipinski definition) is 2. The fourth-order valence-corrected chi connectivity index (χ4v) is 3.43. The van der Waals surface area contributed by atoms with Crippen molar-refractivity contribution in [2.75, 3.05) is 10.6 Å². The molecular weight excluding hydrogens is 374 g/mol. The lowest BCUT2D eigenvalue weighted by molar-refractivity contribution is -0.114. The summed E-state index contributed by atoms with van der Waals surface area (Å²) >= 11 is 7.31. The fraction of sp³-hybridized carbons (Fsp3) is 0.167.